The third-order valence-electron chi connectivity index (χ3n) is 1.32. The fourth-order valence-corrected chi connectivity index (χ4v) is 0.976. The molecule has 0 fully saturated rings. The van der Waals surface area contributed by atoms with Crippen molar-refractivity contribution in [2.75, 3.05) is 0 Å². The summed E-state index contributed by atoms with van der Waals surface area (Å²) in [6, 6.07) is 1.15. The van der Waals surface area contributed by atoms with Crippen LogP contribution in [-0.4, -0.2) is 4.98 Å². The van der Waals surface area contributed by atoms with E-state index in [1.54, 1.807) is 0 Å². The zero-order valence-electron chi connectivity index (χ0n) is 5.90. The van der Waals surface area contributed by atoms with E-state index in [9.17, 15) is 13.2 Å². The molecule has 0 unspecified atom stereocenters. The summed E-state index contributed by atoms with van der Waals surface area (Å²) in [5, 5.41) is 0.159. The van der Waals surface area contributed by atoms with Gasteiger partial charge in [0.05, 0.1) is 5.02 Å². The lowest BCUT2D eigenvalue weighted by Gasteiger charge is -2.03. The van der Waals surface area contributed by atoms with Crippen molar-refractivity contribution in [1.82, 2.24) is 4.98 Å². The van der Waals surface area contributed by atoms with Crippen molar-refractivity contribution in [2.24, 2.45) is 0 Å². The van der Waals surface area contributed by atoms with E-state index >= 15 is 0 Å². The highest BCUT2D eigenvalue weighted by Crippen LogP contribution is 2.23. The van der Waals surface area contributed by atoms with Crippen LogP contribution in [0.3, 0.4) is 0 Å². The summed E-state index contributed by atoms with van der Waals surface area (Å²) in [5.41, 5.74) is -0.695. The average Bonchev–Trinajstić information content (AvgIpc) is 2.03. The summed E-state index contributed by atoms with van der Waals surface area (Å²) in [6.07, 6.45) is -1.68. The van der Waals surface area contributed by atoms with Crippen molar-refractivity contribution < 1.29 is 13.2 Å². The Kier molecular flexibility index (Phi) is 2.92. The molecular weight excluding hydrogens is 191 g/mol. The van der Waals surface area contributed by atoms with Crippen molar-refractivity contribution in [3.8, 4) is 0 Å². The van der Waals surface area contributed by atoms with Crippen LogP contribution in [0.25, 0.3) is 0 Å². The van der Waals surface area contributed by atoms with Crippen molar-refractivity contribution in [2.45, 2.75) is 13.1 Å². The maximum atomic E-state index is 12.1. The van der Waals surface area contributed by atoms with Gasteiger partial charge in [-0.2, -0.15) is 0 Å². The molecule has 0 aliphatic rings. The number of rotatable bonds is 2. The SMILES string of the molecule is FCc1cc(Cl)cnc1C(F)F. The normalized spacial score (nSPS) is 10.8. The Morgan fingerprint density at radius 1 is 1.50 bits per heavy atom. The molecule has 0 spiro atoms. The summed E-state index contributed by atoms with van der Waals surface area (Å²) < 4.78 is 36.2. The number of halogens is 4. The lowest BCUT2D eigenvalue weighted by Crippen LogP contribution is -1.96. The quantitative estimate of drug-likeness (QED) is 0.707. The first kappa shape index (κ1) is 9.32. The maximum Gasteiger partial charge on any atom is 0.280 e. The summed E-state index contributed by atoms with van der Waals surface area (Å²) in [6.45, 7) is -0.979. The third-order valence-corrected chi connectivity index (χ3v) is 1.53. The fourth-order valence-electron chi connectivity index (χ4n) is 0.795. The van der Waals surface area contributed by atoms with Gasteiger partial charge in [0.15, 0.2) is 0 Å². The Morgan fingerprint density at radius 2 is 2.17 bits per heavy atom. The predicted molar refractivity (Wildman–Crippen MR) is 39.0 cm³/mol. The second-order valence-electron chi connectivity index (χ2n) is 2.13. The van der Waals surface area contributed by atoms with Crippen molar-refractivity contribution in [3.05, 3.63) is 28.5 Å². The number of pyridine rings is 1. The second kappa shape index (κ2) is 3.76. The van der Waals surface area contributed by atoms with Crippen LogP contribution >= 0.6 is 11.6 Å². The first-order chi connectivity index (χ1) is 5.65. The van der Waals surface area contributed by atoms with Crippen molar-refractivity contribution >= 4 is 11.6 Å². The van der Waals surface area contributed by atoms with Crippen LogP contribution in [0.5, 0.6) is 0 Å². The van der Waals surface area contributed by atoms with Crippen LogP contribution in [0.15, 0.2) is 12.3 Å². The lowest BCUT2D eigenvalue weighted by atomic mass is 10.2. The topological polar surface area (TPSA) is 12.9 Å². The predicted octanol–water partition coefficient (Wildman–Crippen LogP) is 3.14. The van der Waals surface area contributed by atoms with E-state index < -0.39 is 18.8 Å². The number of nitrogens with zero attached hydrogens (tertiary/aromatic N) is 1. The number of aromatic nitrogens is 1. The summed E-state index contributed by atoms with van der Waals surface area (Å²) >= 11 is 5.43. The standard InChI is InChI=1S/C7H5ClF3N/c8-5-1-4(2-9)6(7(10)11)12-3-5/h1,3,7H,2H2. The molecule has 0 saturated heterocycles. The van der Waals surface area contributed by atoms with Gasteiger partial charge in [-0.15, -0.1) is 0 Å². The van der Waals surface area contributed by atoms with Gasteiger partial charge in [-0.3, -0.25) is 4.98 Å². The molecule has 12 heavy (non-hydrogen) atoms. The summed E-state index contributed by atoms with van der Waals surface area (Å²) in [4.78, 5) is 3.33. The lowest BCUT2D eigenvalue weighted by molar-refractivity contribution is 0.144. The molecular formula is C7H5ClF3N. The third kappa shape index (κ3) is 1.88. The zero-order valence-corrected chi connectivity index (χ0v) is 6.65. The van der Waals surface area contributed by atoms with E-state index in [4.69, 9.17) is 11.6 Å². The van der Waals surface area contributed by atoms with E-state index in [0.29, 0.717) is 0 Å². The average molecular weight is 196 g/mol. The minimum atomic E-state index is -2.76. The van der Waals surface area contributed by atoms with E-state index in [-0.39, 0.29) is 10.6 Å². The van der Waals surface area contributed by atoms with Crippen LogP contribution in [-0.2, 0) is 6.67 Å². The first-order valence-corrected chi connectivity index (χ1v) is 3.51. The molecule has 0 N–H and O–H groups in total. The Labute approximate surface area is 72.2 Å². The van der Waals surface area contributed by atoms with Gasteiger partial charge in [-0.25, -0.2) is 13.2 Å². The fraction of sp³-hybridized carbons (Fsp3) is 0.286. The van der Waals surface area contributed by atoms with Crippen LogP contribution < -0.4 is 0 Å². The zero-order chi connectivity index (χ0) is 9.14. The van der Waals surface area contributed by atoms with Gasteiger partial charge >= 0.3 is 0 Å². The van der Waals surface area contributed by atoms with Gasteiger partial charge in [0.1, 0.15) is 12.4 Å². The van der Waals surface area contributed by atoms with Gasteiger partial charge in [-0.05, 0) is 6.07 Å². The van der Waals surface area contributed by atoms with Crippen LogP contribution in [0.4, 0.5) is 13.2 Å². The molecule has 1 aromatic heterocycles. The van der Waals surface area contributed by atoms with Crippen LogP contribution in [0.1, 0.15) is 17.7 Å². The molecule has 0 aromatic carbocycles. The minimum Gasteiger partial charge on any atom is -0.253 e. The number of hydrogen-bond acceptors (Lipinski definition) is 1. The van der Waals surface area contributed by atoms with Gasteiger partial charge < -0.3 is 0 Å². The molecule has 1 aromatic rings. The highest BCUT2D eigenvalue weighted by Gasteiger charge is 2.14. The molecule has 0 aliphatic carbocycles. The first-order valence-electron chi connectivity index (χ1n) is 3.13. The van der Waals surface area contributed by atoms with E-state index in [2.05, 4.69) is 4.98 Å². The summed E-state index contributed by atoms with van der Waals surface area (Å²) in [5.74, 6) is 0. The van der Waals surface area contributed by atoms with E-state index in [1.807, 2.05) is 0 Å². The Hall–Kier alpha value is -0.770. The van der Waals surface area contributed by atoms with Gasteiger partial charge in [0, 0.05) is 11.8 Å². The maximum absolute atomic E-state index is 12.1. The number of hydrogen-bond donors (Lipinski definition) is 0. The molecule has 0 amide bonds. The monoisotopic (exact) mass is 195 g/mol. The molecule has 0 atom stereocenters. The van der Waals surface area contributed by atoms with Gasteiger partial charge in [0.25, 0.3) is 6.43 Å². The molecule has 0 aliphatic heterocycles. The molecule has 0 saturated carbocycles. The Bertz CT molecular complexity index is 277. The molecule has 1 heterocycles. The second-order valence-corrected chi connectivity index (χ2v) is 2.57. The van der Waals surface area contributed by atoms with Crippen molar-refractivity contribution in [3.63, 3.8) is 0 Å². The number of alkyl halides is 3. The Morgan fingerprint density at radius 3 is 2.67 bits per heavy atom. The smallest absolute Gasteiger partial charge is 0.253 e. The molecule has 5 heteroatoms. The molecule has 1 nitrogen and oxygen atoms in total. The van der Waals surface area contributed by atoms with E-state index in [1.165, 1.54) is 0 Å². The molecule has 66 valence electrons. The highest BCUT2D eigenvalue weighted by molar-refractivity contribution is 6.30. The minimum absolute atomic E-state index is 0.155. The molecule has 0 radical (unpaired) electrons. The Balaban J connectivity index is 3.11. The largest absolute Gasteiger partial charge is 0.280 e. The van der Waals surface area contributed by atoms with Gasteiger partial charge in [-0.1, -0.05) is 11.6 Å². The molecule has 0 bridgehead atoms. The van der Waals surface area contributed by atoms with Crippen molar-refractivity contribution in [1.29, 1.82) is 0 Å². The highest BCUT2D eigenvalue weighted by atomic mass is 35.5. The van der Waals surface area contributed by atoms with Crippen LogP contribution in [0, 0.1) is 0 Å². The van der Waals surface area contributed by atoms with Gasteiger partial charge in [0.2, 0.25) is 0 Å². The summed E-state index contributed by atoms with van der Waals surface area (Å²) in [7, 11) is 0. The van der Waals surface area contributed by atoms with E-state index in [0.717, 1.165) is 12.3 Å². The van der Waals surface area contributed by atoms with Crippen LogP contribution in [0.2, 0.25) is 5.02 Å². The molecule has 1 rings (SSSR count).